The Morgan fingerprint density at radius 3 is 2.44 bits per heavy atom. The number of carbonyl (C=O) groups excluding carboxylic acids is 1. The van der Waals surface area contributed by atoms with Crippen molar-refractivity contribution in [3.63, 3.8) is 0 Å². The summed E-state index contributed by atoms with van der Waals surface area (Å²) in [5.74, 6) is -0.757. The standard InChI is InChI=1S/C22H25NO4/c24-21(25)11-6-10-19-14-12-18(13-15-19)7-4-5-16-23-22(26)27-17-20-8-2-1-3-9-20/h1-4,7-9,12-15H,5-6,10-11,16-17H2,(H,23,26)(H,24,25). The summed E-state index contributed by atoms with van der Waals surface area (Å²) in [6, 6.07) is 17.6. The summed E-state index contributed by atoms with van der Waals surface area (Å²) in [4.78, 5) is 22.1. The molecule has 0 aliphatic rings. The molecular formula is C22H25NO4. The summed E-state index contributed by atoms with van der Waals surface area (Å²) in [6.07, 6.45) is 5.90. The number of nitrogens with one attached hydrogen (secondary N) is 1. The maximum Gasteiger partial charge on any atom is 0.407 e. The average molecular weight is 367 g/mol. The molecule has 0 atom stereocenters. The van der Waals surface area contributed by atoms with Gasteiger partial charge in [0.25, 0.3) is 0 Å². The van der Waals surface area contributed by atoms with Crippen molar-refractivity contribution < 1.29 is 19.4 Å². The number of carbonyl (C=O) groups is 2. The topological polar surface area (TPSA) is 75.6 Å². The molecule has 2 aromatic carbocycles. The minimum Gasteiger partial charge on any atom is -0.481 e. The molecule has 2 rings (SSSR count). The average Bonchev–Trinajstić information content (AvgIpc) is 2.68. The van der Waals surface area contributed by atoms with Crippen LogP contribution in [0, 0.1) is 0 Å². The summed E-state index contributed by atoms with van der Waals surface area (Å²) in [6.45, 7) is 0.777. The van der Waals surface area contributed by atoms with Crippen molar-refractivity contribution in [2.24, 2.45) is 0 Å². The minimum atomic E-state index is -0.757. The maximum atomic E-state index is 11.6. The van der Waals surface area contributed by atoms with Crippen LogP contribution in [0.1, 0.15) is 36.0 Å². The van der Waals surface area contributed by atoms with Gasteiger partial charge in [-0.15, -0.1) is 0 Å². The number of ether oxygens (including phenoxy) is 1. The number of amides is 1. The van der Waals surface area contributed by atoms with Crippen molar-refractivity contribution in [1.29, 1.82) is 0 Å². The van der Waals surface area contributed by atoms with E-state index in [-0.39, 0.29) is 13.0 Å². The monoisotopic (exact) mass is 367 g/mol. The van der Waals surface area contributed by atoms with E-state index in [4.69, 9.17) is 9.84 Å². The smallest absolute Gasteiger partial charge is 0.407 e. The van der Waals surface area contributed by atoms with Gasteiger partial charge in [0.15, 0.2) is 0 Å². The Bertz CT molecular complexity index is 739. The first-order valence-corrected chi connectivity index (χ1v) is 9.05. The number of benzene rings is 2. The molecule has 0 fully saturated rings. The molecule has 0 spiro atoms. The van der Waals surface area contributed by atoms with E-state index in [0.29, 0.717) is 19.4 Å². The van der Waals surface area contributed by atoms with E-state index in [9.17, 15) is 9.59 Å². The van der Waals surface area contributed by atoms with E-state index in [0.717, 1.165) is 23.1 Å². The van der Waals surface area contributed by atoms with Gasteiger partial charge in [-0.25, -0.2) is 4.79 Å². The van der Waals surface area contributed by atoms with Crippen LogP contribution >= 0.6 is 0 Å². The van der Waals surface area contributed by atoms with Crippen molar-refractivity contribution in [2.75, 3.05) is 6.54 Å². The zero-order valence-corrected chi connectivity index (χ0v) is 15.3. The van der Waals surface area contributed by atoms with Crippen LogP contribution in [0.25, 0.3) is 6.08 Å². The first-order valence-electron chi connectivity index (χ1n) is 9.05. The van der Waals surface area contributed by atoms with E-state index in [2.05, 4.69) is 5.32 Å². The third-order valence-electron chi connectivity index (χ3n) is 3.94. The first-order chi connectivity index (χ1) is 13.1. The highest BCUT2D eigenvalue weighted by Gasteiger charge is 2.01. The van der Waals surface area contributed by atoms with Crippen molar-refractivity contribution in [3.05, 3.63) is 77.4 Å². The van der Waals surface area contributed by atoms with Crippen LogP contribution in [0.5, 0.6) is 0 Å². The van der Waals surface area contributed by atoms with E-state index >= 15 is 0 Å². The molecule has 0 unspecified atom stereocenters. The molecule has 0 saturated heterocycles. The number of carboxylic acid groups (broad SMARTS) is 1. The van der Waals surface area contributed by atoms with E-state index in [1.807, 2.05) is 66.7 Å². The Labute approximate surface area is 159 Å². The van der Waals surface area contributed by atoms with E-state index in [1.165, 1.54) is 0 Å². The fraction of sp³-hybridized carbons (Fsp3) is 0.273. The first kappa shape index (κ1) is 20.2. The molecule has 2 N–H and O–H groups in total. The number of hydrogen-bond donors (Lipinski definition) is 2. The Morgan fingerprint density at radius 2 is 1.74 bits per heavy atom. The quantitative estimate of drug-likeness (QED) is 0.609. The van der Waals surface area contributed by atoms with Gasteiger partial charge < -0.3 is 15.2 Å². The van der Waals surface area contributed by atoms with Gasteiger partial charge in [0.2, 0.25) is 0 Å². The molecular weight excluding hydrogens is 342 g/mol. The molecule has 0 radical (unpaired) electrons. The molecule has 0 bridgehead atoms. The molecule has 142 valence electrons. The molecule has 0 heterocycles. The number of rotatable bonds is 10. The normalized spacial score (nSPS) is 10.7. The highest BCUT2D eigenvalue weighted by Crippen LogP contribution is 2.09. The van der Waals surface area contributed by atoms with Gasteiger partial charge in [-0.2, -0.15) is 0 Å². The van der Waals surface area contributed by atoms with Crippen molar-refractivity contribution >= 4 is 18.1 Å². The Balaban J connectivity index is 1.61. The Kier molecular flexibility index (Phi) is 8.63. The third kappa shape index (κ3) is 8.72. The second-order valence-corrected chi connectivity index (χ2v) is 6.17. The molecule has 27 heavy (non-hydrogen) atoms. The number of hydrogen-bond acceptors (Lipinski definition) is 3. The lowest BCUT2D eigenvalue weighted by Gasteiger charge is -2.06. The number of aryl methyl sites for hydroxylation is 1. The Hall–Kier alpha value is -3.08. The van der Waals surface area contributed by atoms with Gasteiger partial charge in [-0.05, 0) is 36.0 Å². The lowest BCUT2D eigenvalue weighted by Crippen LogP contribution is -2.24. The van der Waals surface area contributed by atoms with Gasteiger partial charge >= 0.3 is 12.1 Å². The van der Waals surface area contributed by atoms with Crippen LogP contribution < -0.4 is 5.32 Å². The molecule has 2 aromatic rings. The maximum absolute atomic E-state index is 11.6. The van der Waals surface area contributed by atoms with Crippen molar-refractivity contribution in [1.82, 2.24) is 5.32 Å². The van der Waals surface area contributed by atoms with E-state index < -0.39 is 12.1 Å². The van der Waals surface area contributed by atoms with Gasteiger partial charge in [-0.1, -0.05) is 66.7 Å². The van der Waals surface area contributed by atoms with Crippen molar-refractivity contribution in [2.45, 2.75) is 32.3 Å². The second kappa shape index (κ2) is 11.5. The van der Waals surface area contributed by atoms with Crippen LogP contribution in [0.4, 0.5) is 4.79 Å². The van der Waals surface area contributed by atoms with Gasteiger partial charge in [0.05, 0.1) is 0 Å². The fourth-order valence-electron chi connectivity index (χ4n) is 2.49. The molecule has 0 aromatic heterocycles. The minimum absolute atomic E-state index is 0.197. The SMILES string of the molecule is O=C(O)CCCc1ccc(C=CCCNC(=O)OCc2ccccc2)cc1. The van der Waals surface area contributed by atoms with Crippen molar-refractivity contribution in [3.8, 4) is 0 Å². The van der Waals surface area contributed by atoms with Crippen LogP contribution in [0.15, 0.2) is 60.7 Å². The zero-order valence-electron chi connectivity index (χ0n) is 15.3. The summed E-state index contributed by atoms with van der Waals surface area (Å²) >= 11 is 0. The fourth-order valence-corrected chi connectivity index (χ4v) is 2.49. The third-order valence-corrected chi connectivity index (χ3v) is 3.94. The molecule has 0 saturated carbocycles. The molecule has 1 amide bonds. The van der Waals surface area contributed by atoms with Gasteiger partial charge in [0, 0.05) is 13.0 Å². The van der Waals surface area contributed by atoms with Crippen LogP contribution in [-0.2, 0) is 22.6 Å². The second-order valence-electron chi connectivity index (χ2n) is 6.17. The summed E-state index contributed by atoms with van der Waals surface area (Å²) in [5, 5.41) is 11.4. The summed E-state index contributed by atoms with van der Waals surface area (Å²) < 4.78 is 5.14. The Morgan fingerprint density at radius 1 is 1.00 bits per heavy atom. The molecule has 0 aliphatic carbocycles. The van der Waals surface area contributed by atoms with Crippen LogP contribution in [0.2, 0.25) is 0 Å². The van der Waals surface area contributed by atoms with Gasteiger partial charge in [-0.3, -0.25) is 4.79 Å². The molecule has 5 nitrogen and oxygen atoms in total. The van der Waals surface area contributed by atoms with Crippen LogP contribution in [0.3, 0.4) is 0 Å². The lowest BCUT2D eigenvalue weighted by atomic mass is 10.1. The molecule has 0 aliphatic heterocycles. The molecule has 5 heteroatoms. The van der Waals surface area contributed by atoms with Gasteiger partial charge in [0.1, 0.15) is 6.61 Å². The summed E-state index contributed by atoms with van der Waals surface area (Å²) in [7, 11) is 0. The van der Waals surface area contributed by atoms with E-state index in [1.54, 1.807) is 0 Å². The highest BCUT2D eigenvalue weighted by molar-refractivity contribution is 5.67. The zero-order chi connectivity index (χ0) is 19.3. The largest absolute Gasteiger partial charge is 0.481 e. The predicted molar refractivity (Wildman–Crippen MR) is 105 cm³/mol. The summed E-state index contributed by atoms with van der Waals surface area (Å²) in [5.41, 5.74) is 3.17. The number of carboxylic acids is 1. The highest BCUT2D eigenvalue weighted by atomic mass is 16.5. The predicted octanol–water partition coefficient (Wildman–Crippen LogP) is 4.42. The lowest BCUT2D eigenvalue weighted by molar-refractivity contribution is -0.137. The van der Waals surface area contributed by atoms with Crippen LogP contribution in [-0.4, -0.2) is 23.7 Å². The number of aliphatic carboxylic acids is 1. The number of alkyl carbamates (subject to hydrolysis) is 1.